The summed E-state index contributed by atoms with van der Waals surface area (Å²) < 4.78 is 4.75. The highest BCUT2D eigenvalue weighted by atomic mass is 16.5. The molecule has 1 amide bonds. The van der Waals surface area contributed by atoms with Crippen LogP contribution in [0.15, 0.2) is 0 Å². The van der Waals surface area contributed by atoms with Crippen LogP contribution >= 0.6 is 0 Å². The van der Waals surface area contributed by atoms with E-state index in [1.807, 2.05) is 13.8 Å². The number of aliphatic hydroxyl groups is 2. The zero-order valence-electron chi connectivity index (χ0n) is 8.41. The first-order chi connectivity index (χ1) is 6.24. The lowest BCUT2D eigenvalue weighted by Crippen LogP contribution is -2.36. The summed E-state index contributed by atoms with van der Waals surface area (Å²) in [5.74, 6) is -0.472. The standard InChI is InChI=1S/C6H13NO4.C2H6/c1-11-5(3-8)2-7-6(10)4-9;1-2/h5,8-9H,2-4H2,1H3,(H,7,10);1-2H3. The average molecular weight is 193 g/mol. The minimum Gasteiger partial charge on any atom is -0.394 e. The van der Waals surface area contributed by atoms with Gasteiger partial charge in [-0.15, -0.1) is 0 Å². The first kappa shape index (κ1) is 14.9. The largest absolute Gasteiger partial charge is 0.394 e. The Hall–Kier alpha value is -0.650. The molecular weight excluding hydrogens is 174 g/mol. The predicted molar refractivity (Wildman–Crippen MR) is 49.3 cm³/mol. The number of carbonyl (C=O) groups is 1. The lowest BCUT2D eigenvalue weighted by Gasteiger charge is -2.11. The lowest BCUT2D eigenvalue weighted by atomic mass is 10.4. The fourth-order valence-corrected chi connectivity index (χ4v) is 0.506. The Balaban J connectivity index is 0. The molecule has 0 saturated heterocycles. The first-order valence-corrected chi connectivity index (χ1v) is 4.25. The van der Waals surface area contributed by atoms with E-state index in [-0.39, 0.29) is 13.2 Å². The van der Waals surface area contributed by atoms with Gasteiger partial charge < -0.3 is 20.3 Å². The second kappa shape index (κ2) is 11.4. The molecule has 5 nitrogen and oxygen atoms in total. The Morgan fingerprint density at radius 2 is 2.00 bits per heavy atom. The van der Waals surface area contributed by atoms with Crippen molar-refractivity contribution in [2.45, 2.75) is 20.0 Å². The Kier molecular flexibility index (Phi) is 13.0. The van der Waals surface area contributed by atoms with Crippen molar-refractivity contribution < 1.29 is 19.7 Å². The van der Waals surface area contributed by atoms with Crippen LogP contribution in [0.25, 0.3) is 0 Å². The number of rotatable bonds is 5. The van der Waals surface area contributed by atoms with E-state index in [1.54, 1.807) is 0 Å². The molecule has 0 aliphatic rings. The second-order valence-electron chi connectivity index (χ2n) is 2.00. The third-order valence-corrected chi connectivity index (χ3v) is 1.21. The van der Waals surface area contributed by atoms with E-state index in [1.165, 1.54) is 7.11 Å². The molecule has 1 atom stereocenters. The fourth-order valence-electron chi connectivity index (χ4n) is 0.506. The van der Waals surface area contributed by atoms with Crippen molar-refractivity contribution in [2.24, 2.45) is 0 Å². The molecule has 80 valence electrons. The summed E-state index contributed by atoms with van der Waals surface area (Å²) in [5, 5.41) is 19.2. The Bertz CT molecular complexity index is 115. The summed E-state index contributed by atoms with van der Waals surface area (Å²) in [6, 6.07) is 0. The second-order valence-corrected chi connectivity index (χ2v) is 2.00. The molecule has 0 aromatic rings. The van der Waals surface area contributed by atoms with Crippen molar-refractivity contribution in [3.8, 4) is 0 Å². The van der Waals surface area contributed by atoms with Gasteiger partial charge in [-0.1, -0.05) is 13.8 Å². The van der Waals surface area contributed by atoms with E-state index < -0.39 is 18.6 Å². The van der Waals surface area contributed by atoms with Crippen molar-refractivity contribution in [2.75, 3.05) is 26.9 Å². The number of carbonyl (C=O) groups excluding carboxylic acids is 1. The van der Waals surface area contributed by atoms with Crippen LogP contribution in [0.4, 0.5) is 0 Å². The quantitative estimate of drug-likeness (QED) is 0.530. The minimum atomic E-state index is -0.540. The zero-order valence-corrected chi connectivity index (χ0v) is 8.41. The maximum absolute atomic E-state index is 10.4. The molecule has 3 N–H and O–H groups in total. The number of aliphatic hydroxyl groups excluding tert-OH is 2. The van der Waals surface area contributed by atoms with E-state index >= 15 is 0 Å². The summed E-state index contributed by atoms with van der Waals surface area (Å²) >= 11 is 0. The molecule has 0 bridgehead atoms. The molecule has 0 spiro atoms. The van der Waals surface area contributed by atoms with Gasteiger partial charge >= 0.3 is 0 Å². The molecule has 13 heavy (non-hydrogen) atoms. The predicted octanol–water partition coefficient (Wildman–Crippen LogP) is -0.872. The van der Waals surface area contributed by atoms with Crippen LogP contribution in [0.3, 0.4) is 0 Å². The van der Waals surface area contributed by atoms with Gasteiger partial charge in [0.25, 0.3) is 0 Å². The third-order valence-electron chi connectivity index (χ3n) is 1.21. The topological polar surface area (TPSA) is 78.8 Å². The molecular formula is C8H19NO4. The van der Waals surface area contributed by atoms with Crippen LogP contribution in [0.5, 0.6) is 0 Å². The number of methoxy groups -OCH3 is 1. The van der Waals surface area contributed by atoms with Crippen molar-refractivity contribution in [1.29, 1.82) is 0 Å². The monoisotopic (exact) mass is 193 g/mol. The molecule has 0 aliphatic carbocycles. The summed E-state index contributed by atoms with van der Waals surface area (Å²) in [4.78, 5) is 10.4. The van der Waals surface area contributed by atoms with Crippen LogP contribution in [0, 0.1) is 0 Å². The number of hydrogen-bond donors (Lipinski definition) is 3. The van der Waals surface area contributed by atoms with Crippen LogP contribution < -0.4 is 5.32 Å². The minimum absolute atomic E-state index is 0.151. The van der Waals surface area contributed by atoms with Gasteiger partial charge in [0.2, 0.25) is 5.91 Å². The zero-order chi connectivity index (χ0) is 10.7. The highest BCUT2D eigenvalue weighted by Gasteiger charge is 2.06. The van der Waals surface area contributed by atoms with Crippen molar-refractivity contribution in [1.82, 2.24) is 5.32 Å². The van der Waals surface area contributed by atoms with Gasteiger partial charge in [0.1, 0.15) is 6.61 Å². The molecule has 0 aromatic carbocycles. The molecule has 5 heteroatoms. The maximum atomic E-state index is 10.4. The lowest BCUT2D eigenvalue weighted by molar-refractivity contribution is -0.124. The molecule has 0 heterocycles. The van der Waals surface area contributed by atoms with Crippen LogP contribution in [0.2, 0.25) is 0 Å². The van der Waals surface area contributed by atoms with Gasteiger partial charge in [0.15, 0.2) is 0 Å². The molecule has 1 unspecified atom stereocenters. The van der Waals surface area contributed by atoms with Crippen molar-refractivity contribution >= 4 is 5.91 Å². The average Bonchev–Trinajstić information content (AvgIpc) is 2.22. The number of nitrogens with one attached hydrogen (secondary N) is 1. The Morgan fingerprint density at radius 1 is 1.46 bits per heavy atom. The van der Waals surface area contributed by atoms with E-state index in [0.717, 1.165) is 0 Å². The summed E-state index contributed by atoms with van der Waals surface area (Å²) in [6.45, 7) is 3.52. The molecule has 0 radical (unpaired) electrons. The molecule has 0 aliphatic heterocycles. The number of hydrogen-bond acceptors (Lipinski definition) is 4. The summed E-state index contributed by atoms with van der Waals surface area (Å²) in [6.07, 6.45) is -0.398. The third kappa shape index (κ3) is 9.26. The van der Waals surface area contributed by atoms with Gasteiger partial charge in [0.05, 0.1) is 12.7 Å². The van der Waals surface area contributed by atoms with Crippen LogP contribution in [-0.2, 0) is 9.53 Å². The van der Waals surface area contributed by atoms with E-state index in [0.29, 0.717) is 0 Å². The van der Waals surface area contributed by atoms with E-state index in [4.69, 9.17) is 14.9 Å². The maximum Gasteiger partial charge on any atom is 0.245 e. The fraction of sp³-hybridized carbons (Fsp3) is 0.875. The van der Waals surface area contributed by atoms with Gasteiger partial charge in [-0.25, -0.2) is 0 Å². The molecule has 0 rings (SSSR count). The summed E-state index contributed by atoms with van der Waals surface area (Å²) in [7, 11) is 1.44. The van der Waals surface area contributed by atoms with Crippen LogP contribution in [0.1, 0.15) is 13.8 Å². The smallest absolute Gasteiger partial charge is 0.245 e. The number of amides is 1. The summed E-state index contributed by atoms with van der Waals surface area (Å²) in [5.41, 5.74) is 0. The van der Waals surface area contributed by atoms with Gasteiger partial charge in [-0.05, 0) is 0 Å². The van der Waals surface area contributed by atoms with Gasteiger partial charge in [-0.3, -0.25) is 4.79 Å². The molecule has 0 fully saturated rings. The van der Waals surface area contributed by atoms with Crippen molar-refractivity contribution in [3.05, 3.63) is 0 Å². The number of ether oxygens (including phenoxy) is 1. The van der Waals surface area contributed by atoms with Crippen molar-refractivity contribution in [3.63, 3.8) is 0 Å². The first-order valence-electron chi connectivity index (χ1n) is 4.25. The molecule has 0 saturated carbocycles. The molecule has 0 aromatic heterocycles. The van der Waals surface area contributed by atoms with Gasteiger partial charge in [0, 0.05) is 13.7 Å². The van der Waals surface area contributed by atoms with E-state index in [2.05, 4.69) is 5.32 Å². The van der Waals surface area contributed by atoms with E-state index in [9.17, 15) is 4.79 Å². The Morgan fingerprint density at radius 3 is 2.31 bits per heavy atom. The SMILES string of the molecule is CC.COC(CO)CNC(=O)CO. The van der Waals surface area contributed by atoms with Crippen LogP contribution in [-0.4, -0.2) is 49.1 Å². The Labute approximate surface area is 78.7 Å². The highest BCUT2D eigenvalue weighted by molar-refractivity contribution is 5.76. The normalized spacial score (nSPS) is 11.2. The van der Waals surface area contributed by atoms with Gasteiger partial charge in [-0.2, -0.15) is 0 Å². The highest BCUT2D eigenvalue weighted by Crippen LogP contribution is 1.84.